The fraction of sp³-hybridized carbons (Fsp3) is 0.190. The quantitative estimate of drug-likeness (QED) is 0.587. The second-order valence-corrected chi connectivity index (χ2v) is 6.60. The maximum absolute atomic E-state index is 12.1. The average Bonchev–Trinajstić information content (AvgIpc) is 2.69. The summed E-state index contributed by atoms with van der Waals surface area (Å²) in [6.07, 6.45) is 3.30. The van der Waals surface area contributed by atoms with Gasteiger partial charge in [-0.05, 0) is 62.6 Å². The zero-order valence-corrected chi connectivity index (χ0v) is 15.9. The second kappa shape index (κ2) is 8.96. The van der Waals surface area contributed by atoms with Gasteiger partial charge in [-0.2, -0.15) is 0 Å². The van der Waals surface area contributed by atoms with Crippen LogP contribution in [0.15, 0.2) is 60.9 Å². The highest BCUT2D eigenvalue weighted by molar-refractivity contribution is 5.94. The van der Waals surface area contributed by atoms with E-state index in [0.717, 1.165) is 17.8 Å². The third-order valence-corrected chi connectivity index (χ3v) is 4.06. The van der Waals surface area contributed by atoms with Crippen molar-refractivity contribution < 1.29 is 9.90 Å². The smallest absolute Gasteiger partial charge is 0.251 e. The van der Waals surface area contributed by atoms with Crippen molar-refractivity contribution in [3.05, 3.63) is 66.5 Å². The van der Waals surface area contributed by atoms with Crippen molar-refractivity contribution in [3.63, 3.8) is 0 Å². The van der Waals surface area contributed by atoms with Gasteiger partial charge in [0.05, 0.1) is 18.1 Å². The molecule has 1 heterocycles. The Morgan fingerprint density at radius 1 is 1.04 bits per heavy atom. The van der Waals surface area contributed by atoms with Crippen molar-refractivity contribution >= 4 is 17.4 Å². The first-order chi connectivity index (χ1) is 13.5. The molecule has 0 aliphatic carbocycles. The van der Waals surface area contributed by atoms with Crippen molar-refractivity contribution in [2.45, 2.75) is 0 Å². The summed E-state index contributed by atoms with van der Waals surface area (Å²) in [4.78, 5) is 22.9. The van der Waals surface area contributed by atoms with Gasteiger partial charge in [-0.1, -0.05) is 0 Å². The second-order valence-electron chi connectivity index (χ2n) is 6.60. The molecule has 3 N–H and O–H groups in total. The van der Waals surface area contributed by atoms with E-state index in [1.165, 1.54) is 0 Å². The molecule has 2 aromatic carbocycles. The predicted molar refractivity (Wildman–Crippen MR) is 110 cm³/mol. The van der Waals surface area contributed by atoms with Gasteiger partial charge < -0.3 is 20.6 Å². The fourth-order valence-corrected chi connectivity index (χ4v) is 2.55. The molecular weight excluding hydrogens is 354 g/mol. The Hall–Kier alpha value is -3.45. The summed E-state index contributed by atoms with van der Waals surface area (Å²) in [6.45, 7) is 1.40. The van der Waals surface area contributed by atoms with Crippen LogP contribution < -0.4 is 10.6 Å². The van der Waals surface area contributed by atoms with E-state index >= 15 is 0 Å². The maximum atomic E-state index is 12.1. The van der Waals surface area contributed by atoms with E-state index in [4.69, 9.17) is 0 Å². The monoisotopic (exact) mass is 377 g/mol. The lowest BCUT2D eigenvalue weighted by Gasteiger charge is -2.11. The number of aromatic hydroxyl groups is 1. The first-order valence-electron chi connectivity index (χ1n) is 8.93. The maximum Gasteiger partial charge on any atom is 0.251 e. The molecule has 0 spiro atoms. The SMILES string of the molecule is CN(C)CCNC(=O)c1ccc(Nc2cncc(-c3ccc(O)cc3)n2)cc1. The number of carbonyl (C=O) groups excluding carboxylic acids is 1. The summed E-state index contributed by atoms with van der Waals surface area (Å²) in [5, 5.41) is 15.5. The highest BCUT2D eigenvalue weighted by Gasteiger charge is 2.06. The molecule has 0 unspecified atom stereocenters. The van der Waals surface area contributed by atoms with Gasteiger partial charge in [0.25, 0.3) is 5.91 Å². The Balaban J connectivity index is 1.65. The van der Waals surface area contributed by atoms with Crippen molar-refractivity contribution in [3.8, 4) is 17.0 Å². The molecule has 0 saturated heterocycles. The van der Waals surface area contributed by atoms with Gasteiger partial charge in [-0.3, -0.25) is 9.78 Å². The molecular formula is C21H23N5O2. The summed E-state index contributed by atoms with van der Waals surface area (Å²) in [7, 11) is 3.93. The molecule has 144 valence electrons. The highest BCUT2D eigenvalue weighted by Crippen LogP contribution is 2.22. The minimum atomic E-state index is -0.0949. The molecule has 1 aromatic heterocycles. The number of phenolic OH excluding ortho intramolecular Hbond substituents is 1. The number of likely N-dealkylation sites (N-methyl/N-ethyl adjacent to an activating group) is 1. The number of aromatic nitrogens is 2. The minimum absolute atomic E-state index is 0.0949. The van der Waals surface area contributed by atoms with Crippen molar-refractivity contribution in [2.24, 2.45) is 0 Å². The van der Waals surface area contributed by atoms with E-state index < -0.39 is 0 Å². The van der Waals surface area contributed by atoms with E-state index in [2.05, 4.69) is 20.6 Å². The summed E-state index contributed by atoms with van der Waals surface area (Å²) in [5.74, 6) is 0.702. The average molecular weight is 377 g/mol. The molecule has 0 fully saturated rings. The number of phenols is 1. The van der Waals surface area contributed by atoms with E-state index in [0.29, 0.717) is 23.6 Å². The number of carbonyl (C=O) groups is 1. The number of hydrogen-bond acceptors (Lipinski definition) is 6. The number of benzene rings is 2. The van der Waals surface area contributed by atoms with Gasteiger partial charge in [-0.15, -0.1) is 0 Å². The van der Waals surface area contributed by atoms with E-state index in [1.54, 1.807) is 48.8 Å². The van der Waals surface area contributed by atoms with Crippen LogP contribution in [0.4, 0.5) is 11.5 Å². The zero-order chi connectivity index (χ0) is 19.9. The van der Waals surface area contributed by atoms with Crippen LogP contribution in [-0.4, -0.2) is 53.1 Å². The molecule has 1 amide bonds. The molecule has 0 bridgehead atoms. The van der Waals surface area contributed by atoms with Crippen molar-refractivity contribution in [1.82, 2.24) is 20.2 Å². The first-order valence-corrected chi connectivity index (χ1v) is 8.93. The van der Waals surface area contributed by atoms with Crippen LogP contribution in [0.1, 0.15) is 10.4 Å². The lowest BCUT2D eigenvalue weighted by Crippen LogP contribution is -2.31. The molecule has 0 atom stereocenters. The molecule has 0 radical (unpaired) electrons. The number of hydrogen-bond donors (Lipinski definition) is 3. The summed E-state index contributed by atoms with van der Waals surface area (Å²) < 4.78 is 0. The summed E-state index contributed by atoms with van der Waals surface area (Å²) >= 11 is 0. The number of rotatable bonds is 7. The Morgan fingerprint density at radius 2 is 1.75 bits per heavy atom. The van der Waals surface area contributed by atoms with Crippen LogP contribution in [0.5, 0.6) is 5.75 Å². The van der Waals surface area contributed by atoms with Crippen LogP contribution in [0.3, 0.4) is 0 Å². The van der Waals surface area contributed by atoms with E-state index in [9.17, 15) is 9.90 Å². The molecule has 0 aliphatic rings. The van der Waals surface area contributed by atoms with Gasteiger partial charge in [0.2, 0.25) is 0 Å². The van der Waals surface area contributed by atoms with Gasteiger partial charge >= 0.3 is 0 Å². The fourth-order valence-electron chi connectivity index (χ4n) is 2.55. The molecule has 28 heavy (non-hydrogen) atoms. The summed E-state index contributed by atoms with van der Waals surface area (Å²) in [6, 6.07) is 14.0. The standard InChI is InChI=1S/C21H23N5O2/c1-26(2)12-11-23-21(28)16-3-7-17(8-4-16)24-20-14-22-13-19(25-20)15-5-9-18(27)10-6-15/h3-10,13-14,27H,11-12H2,1-2H3,(H,23,28)(H,24,25). The molecule has 3 aromatic rings. The Labute approximate surface area is 164 Å². The predicted octanol–water partition coefficient (Wildman–Crippen LogP) is 2.88. The van der Waals surface area contributed by atoms with E-state index in [1.807, 2.05) is 31.1 Å². The normalized spacial score (nSPS) is 10.7. The Kier molecular flexibility index (Phi) is 6.18. The molecule has 7 heteroatoms. The largest absolute Gasteiger partial charge is 0.508 e. The lowest BCUT2D eigenvalue weighted by molar-refractivity contribution is 0.0951. The third kappa shape index (κ3) is 5.28. The Morgan fingerprint density at radius 3 is 2.43 bits per heavy atom. The third-order valence-electron chi connectivity index (χ3n) is 4.06. The van der Waals surface area contributed by atoms with Crippen LogP contribution in [0, 0.1) is 0 Å². The van der Waals surface area contributed by atoms with Crippen LogP contribution in [0.2, 0.25) is 0 Å². The molecule has 0 aliphatic heterocycles. The van der Waals surface area contributed by atoms with Gasteiger partial charge in [0.15, 0.2) is 0 Å². The highest BCUT2D eigenvalue weighted by atomic mass is 16.3. The molecule has 0 saturated carbocycles. The summed E-state index contributed by atoms with van der Waals surface area (Å²) in [5.41, 5.74) is 2.97. The van der Waals surface area contributed by atoms with Crippen LogP contribution in [0.25, 0.3) is 11.3 Å². The van der Waals surface area contributed by atoms with Gasteiger partial charge in [0, 0.05) is 29.9 Å². The van der Waals surface area contributed by atoms with Gasteiger partial charge in [-0.25, -0.2) is 4.98 Å². The number of nitrogens with zero attached hydrogens (tertiary/aromatic N) is 3. The topological polar surface area (TPSA) is 90.4 Å². The van der Waals surface area contributed by atoms with E-state index in [-0.39, 0.29) is 11.7 Å². The lowest BCUT2D eigenvalue weighted by atomic mass is 10.1. The molecule has 3 rings (SSSR count). The minimum Gasteiger partial charge on any atom is -0.508 e. The zero-order valence-electron chi connectivity index (χ0n) is 15.9. The number of nitrogens with one attached hydrogen (secondary N) is 2. The Bertz CT molecular complexity index is 924. The van der Waals surface area contributed by atoms with Crippen molar-refractivity contribution in [1.29, 1.82) is 0 Å². The van der Waals surface area contributed by atoms with Crippen LogP contribution in [-0.2, 0) is 0 Å². The van der Waals surface area contributed by atoms with Gasteiger partial charge in [0.1, 0.15) is 11.6 Å². The van der Waals surface area contributed by atoms with Crippen molar-refractivity contribution in [2.75, 3.05) is 32.5 Å². The molecule has 7 nitrogen and oxygen atoms in total. The number of amides is 1. The van der Waals surface area contributed by atoms with Crippen LogP contribution >= 0.6 is 0 Å². The number of anilines is 2. The first kappa shape index (κ1) is 19.3.